The van der Waals surface area contributed by atoms with E-state index in [1.807, 2.05) is 6.92 Å². The summed E-state index contributed by atoms with van der Waals surface area (Å²) in [7, 11) is 0. The molecule has 1 saturated heterocycles. The molecule has 0 bridgehead atoms. The molecule has 1 amide bonds. The lowest BCUT2D eigenvalue weighted by atomic mass is 9.91. The maximum atomic E-state index is 15.6. The van der Waals surface area contributed by atoms with Crippen LogP contribution in [0.3, 0.4) is 0 Å². The van der Waals surface area contributed by atoms with Crippen LogP contribution in [-0.2, 0) is 10.7 Å². The summed E-state index contributed by atoms with van der Waals surface area (Å²) in [5, 5.41) is 5.80. The number of ether oxygens (including phenoxy) is 1. The minimum Gasteiger partial charge on any atom is -0.378 e. The molecule has 3 aromatic rings. The van der Waals surface area contributed by atoms with E-state index >= 15 is 8.78 Å². The van der Waals surface area contributed by atoms with Crippen molar-refractivity contribution in [3.8, 4) is 11.3 Å². The summed E-state index contributed by atoms with van der Waals surface area (Å²) in [6.45, 7) is 8.08. The van der Waals surface area contributed by atoms with E-state index in [4.69, 9.17) is 4.74 Å². The van der Waals surface area contributed by atoms with Gasteiger partial charge in [-0.1, -0.05) is 13.0 Å². The molecule has 4 rings (SSSR count). The molecular formula is C26H30F2N6O2. The van der Waals surface area contributed by atoms with Crippen molar-refractivity contribution in [3.63, 3.8) is 0 Å². The van der Waals surface area contributed by atoms with E-state index < -0.39 is 18.3 Å². The molecule has 1 fully saturated rings. The van der Waals surface area contributed by atoms with Crippen LogP contribution in [0.2, 0.25) is 0 Å². The van der Waals surface area contributed by atoms with E-state index in [-0.39, 0.29) is 16.8 Å². The standard InChI is InChI=1S/C26H30F2N6O2/c1-4-26(27,28)23-19(31-24(35)18-8-10-29-11-9-18)7-6-17(3)22(23)20-16-21(33-25(32-20)30-5-2)34-12-14-36-15-13-34/h6-11,16H,4-5,12-15H2,1-3H3,(H,31,35)(H,30,32,33). The molecule has 3 heterocycles. The lowest BCUT2D eigenvalue weighted by molar-refractivity contribution is -0.00700. The number of carbonyl (C=O) groups is 1. The number of nitrogens with zero attached hydrogens (tertiary/aromatic N) is 4. The zero-order valence-corrected chi connectivity index (χ0v) is 20.6. The number of anilines is 3. The Bertz CT molecular complexity index is 1220. The molecule has 190 valence electrons. The summed E-state index contributed by atoms with van der Waals surface area (Å²) in [4.78, 5) is 28.0. The number of nitrogens with one attached hydrogen (secondary N) is 2. The van der Waals surface area contributed by atoms with E-state index in [2.05, 4.69) is 30.5 Å². The minimum absolute atomic E-state index is 0.0424. The maximum absolute atomic E-state index is 15.6. The molecule has 0 unspecified atom stereocenters. The van der Waals surface area contributed by atoms with Crippen LogP contribution >= 0.6 is 0 Å². The topological polar surface area (TPSA) is 92.3 Å². The summed E-state index contributed by atoms with van der Waals surface area (Å²) in [6, 6.07) is 8.04. The molecule has 10 heteroatoms. The fourth-order valence-electron chi connectivity index (χ4n) is 4.15. The molecule has 0 saturated carbocycles. The average molecular weight is 497 g/mol. The van der Waals surface area contributed by atoms with Gasteiger partial charge < -0.3 is 20.3 Å². The molecule has 0 atom stereocenters. The predicted molar refractivity (Wildman–Crippen MR) is 136 cm³/mol. The third-order valence-electron chi connectivity index (χ3n) is 6.05. The van der Waals surface area contributed by atoms with Crippen LogP contribution in [-0.4, -0.2) is 53.7 Å². The number of benzene rings is 1. The number of aryl methyl sites for hydroxylation is 1. The first-order chi connectivity index (χ1) is 17.3. The van der Waals surface area contributed by atoms with Crippen LogP contribution in [0.15, 0.2) is 42.7 Å². The number of carbonyl (C=O) groups excluding carboxylic acids is 1. The van der Waals surface area contributed by atoms with E-state index in [9.17, 15) is 4.79 Å². The zero-order chi connectivity index (χ0) is 25.7. The van der Waals surface area contributed by atoms with Crippen molar-refractivity contribution in [2.75, 3.05) is 48.4 Å². The number of hydrogen-bond donors (Lipinski definition) is 2. The molecule has 0 spiro atoms. The van der Waals surface area contributed by atoms with Crippen LogP contribution < -0.4 is 15.5 Å². The van der Waals surface area contributed by atoms with Crippen molar-refractivity contribution in [1.82, 2.24) is 15.0 Å². The second-order valence-electron chi connectivity index (χ2n) is 8.49. The van der Waals surface area contributed by atoms with Crippen LogP contribution in [0, 0.1) is 6.92 Å². The molecule has 1 aliphatic rings. The normalized spacial score (nSPS) is 14.0. The van der Waals surface area contributed by atoms with Gasteiger partial charge in [-0.3, -0.25) is 9.78 Å². The first-order valence-corrected chi connectivity index (χ1v) is 12.0. The largest absolute Gasteiger partial charge is 0.378 e. The molecule has 1 aromatic carbocycles. The molecule has 2 aromatic heterocycles. The minimum atomic E-state index is -3.22. The Morgan fingerprint density at radius 1 is 1.11 bits per heavy atom. The lowest BCUT2D eigenvalue weighted by Crippen LogP contribution is -2.37. The molecule has 0 aliphatic carbocycles. The maximum Gasteiger partial charge on any atom is 0.275 e. The third-order valence-corrected chi connectivity index (χ3v) is 6.05. The highest BCUT2D eigenvalue weighted by atomic mass is 19.3. The summed E-state index contributed by atoms with van der Waals surface area (Å²) < 4.78 is 36.6. The number of pyridine rings is 1. The van der Waals surface area contributed by atoms with Crippen molar-refractivity contribution in [2.24, 2.45) is 0 Å². The van der Waals surface area contributed by atoms with Crippen LogP contribution in [0.25, 0.3) is 11.3 Å². The number of amides is 1. The van der Waals surface area contributed by atoms with Gasteiger partial charge in [0.1, 0.15) is 5.82 Å². The SMILES string of the molecule is CCNc1nc(-c2c(C)ccc(NC(=O)c3ccncc3)c2C(F)(F)CC)cc(N2CCOCC2)n1. The second-order valence-corrected chi connectivity index (χ2v) is 8.49. The summed E-state index contributed by atoms with van der Waals surface area (Å²) >= 11 is 0. The van der Waals surface area contributed by atoms with Crippen LogP contribution in [0.1, 0.15) is 41.8 Å². The Morgan fingerprint density at radius 2 is 1.83 bits per heavy atom. The van der Waals surface area contributed by atoms with E-state index in [1.165, 1.54) is 37.5 Å². The number of alkyl halides is 2. The highest BCUT2D eigenvalue weighted by Gasteiger charge is 2.37. The van der Waals surface area contributed by atoms with Crippen LogP contribution in [0.4, 0.5) is 26.2 Å². The number of rotatable bonds is 8. The Kier molecular flexibility index (Phi) is 7.73. The van der Waals surface area contributed by atoms with Crippen molar-refractivity contribution in [1.29, 1.82) is 0 Å². The highest BCUT2D eigenvalue weighted by Crippen LogP contribution is 2.44. The fourth-order valence-corrected chi connectivity index (χ4v) is 4.15. The highest BCUT2D eigenvalue weighted by molar-refractivity contribution is 6.05. The molecular weight excluding hydrogens is 466 g/mol. The van der Waals surface area contributed by atoms with Gasteiger partial charge in [-0.25, -0.2) is 13.8 Å². The third kappa shape index (κ3) is 5.43. The summed E-state index contributed by atoms with van der Waals surface area (Å²) in [5.41, 5.74) is 1.37. The Morgan fingerprint density at radius 3 is 2.50 bits per heavy atom. The van der Waals surface area contributed by atoms with Crippen molar-refractivity contribution >= 4 is 23.4 Å². The van der Waals surface area contributed by atoms with E-state index in [1.54, 1.807) is 19.1 Å². The first-order valence-electron chi connectivity index (χ1n) is 12.0. The smallest absolute Gasteiger partial charge is 0.275 e. The van der Waals surface area contributed by atoms with Crippen molar-refractivity contribution in [2.45, 2.75) is 33.1 Å². The second kappa shape index (κ2) is 10.9. The van der Waals surface area contributed by atoms with Gasteiger partial charge in [0.25, 0.3) is 11.8 Å². The molecule has 2 N–H and O–H groups in total. The van der Waals surface area contributed by atoms with Crippen LogP contribution in [0.5, 0.6) is 0 Å². The Hall–Kier alpha value is -3.66. The monoisotopic (exact) mass is 496 g/mol. The zero-order valence-electron chi connectivity index (χ0n) is 20.6. The predicted octanol–water partition coefficient (Wildman–Crippen LogP) is 4.87. The summed E-state index contributed by atoms with van der Waals surface area (Å²) in [5.74, 6) is -2.72. The van der Waals surface area contributed by atoms with Crippen molar-refractivity contribution < 1.29 is 18.3 Å². The molecule has 1 aliphatic heterocycles. The van der Waals surface area contributed by atoms with Gasteiger partial charge in [-0.2, -0.15) is 4.98 Å². The molecule has 36 heavy (non-hydrogen) atoms. The van der Waals surface area contributed by atoms with Crippen molar-refractivity contribution in [3.05, 3.63) is 59.4 Å². The lowest BCUT2D eigenvalue weighted by Gasteiger charge is -2.29. The average Bonchev–Trinajstić information content (AvgIpc) is 2.90. The fraction of sp³-hybridized carbons (Fsp3) is 0.385. The van der Waals surface area contributed by atoms with E-state index in [0.29, 0.717) is 61.4 Å². The first kappa shape index (κ1) is 25.4. The molecule has 0 radical (unpaired) electrons. The quantitative estimate of drug-likeness (QED) is 0.460. The van der Waals surface area contributed by atoms with Gasteiger partial charge in [0.2, 0.25) is 5.95 Å². The van der Waals surface area contributed by atoms with Gasteiger partial charge in [0.15, 0.2) is 0 Å². The number of hydrogen-bond acceptors (Lipinski definition) is 7. The van der Waals surface area contributed by atoms with E-state index in [0.717, 1.165) is 0 Å². The Labute approximate surface area is 209 Å². The Balaban J connectivity index is 1.87. The summed E-state index contributed by atoms with van der Waals surface area (Å²) in [6.07, 6.45) is 2.52. The number of aromatic nitrogens is 3. The van der Waals surface area contributed by atoms with Gasteiger partial charge in [-0.15, -0.1) is 0 Å². The number of halogens is 2. The van der Waals surface area contributed by atoms with Gasteiger partial charge in [-0.05, 0) is 37.6 Å². The van der Waals surface area contributed by atoms with Gasteiger partial charge >= 0.3 is 0 Å². The number of morpholine rings is 1. The van der Waals surface area contributed by atoms with Gasteiger partial charge in [0, 0.05) is 55.6 Å². The van der Waals surface area contributed by atoms with Gasteiger partial charge in [0.05, 0.1) is 30.2 Å². The molecule has 8 nitrogen and oxygen atoms in total.